The molecular weight excluding hydrogens is 394 g/mol. The van der Waals surface area contributed by atoms with Crippen LogP contribution in [0.25, 0.3) is 22.3 Å². The van der Waals surface area contributed by atoms with Gasteiger partial charge in [0, 0.05) is 51.2 Å². The van der Waals surface area contributed by atoms with Crippen molar-refractivity contribution in [2.45, 2.75) is 26.1 Å². The normalized spacial score (nSPS) is 17.4. The van der Waals surface area contributed by atoms with Gasteiger partial charge < -0.3 is 19.3 Å². The van der Waals surface area contributed by atoms with Gasteiger partial charge in [-0.1, -0.05) is 12.1 Å². The summed E-state index contributed by atoms with van der Waals surface area (Å²) >= 11 is 0. The zero-order valence-corrected chi connectivity index (χ0v) is 18.3. The monoisotopic (exact) mass is 421 g/mol. The fourth-order valence-electron chi connectivity index (χ4n) is 3.60. The fourth-order valence-corrected chi connectivity index (χ4v) is 3.60. The number of fused-ring (bicyclic) bond motifs is 1. The third-order valence-corrected chi connectivity index (χ3v) is 5.46. The van der Waals surface area contributed by atoms with E-state index < -0.39 is 0 Å². The first-order valence-electron chi connectivity index (χ1n) is 10.4. The molecule has 162 valence electrons. The molecule has 0 spiro atoms. The Morgan fingerprint density at radius 1 is 1.23 bits per heavy atom. The summed E-state index contributed by atoms with van der Waals surface area (Å²) < 4.78 is 12.1. The van der Waals surface area contributed by atoms with Crippen LogP contribution >= 0.6 is 0 Å². The lowest BCUT2D eigenvalue weighted by Gasteiger charge is -2.35. The summed E-state index contributed by atoms with van der Waals surface area (Å²) in [6.07, 6.45) is 2.73. The van der Waals surface area contributed by atoms with Gasteiger partial charge in [-0.15, -0.1) is 0 Å². The van der Waals surface area contributed by atoms with E-state index in [1.54, 1.807) is 24.2 Å². The van der Waals surface area contributed by atoms with E-state index in [0.29, 0.717) is 36.6 Å². The standard InChI is InChI=1S/C23H27N5O3/c1-15(21-14-28(16(2)29)11-12-30-21)31-23-22-20(24-9-10-25-22)13-19(26-23)17-5-7-18(8-6-17)27(3)4/h5-10,13,15,21H,11-12,14H2,1-4H3/t15-,21-/m0/s1. The Balaban J connectivity index is 1.64. The van der Waals surface area contributed by atoms with E-state index in [1.165, 1.54) is 0 Å². The van der Waals surface area contributed by atoms with Gasteiger partial charge in [-0.25, -0.2) is 9.97 Å². The van der Waals surface area contributed by atoms with E-state index >= 15 is 0 Å². The zero-order chi connectivity index (χ0) is 22.0. The summed E-state index contributed by atoms with van der Waals surface area (Å²) in [5.41, 5.74) is 4.14. The quantitative estimate of drug-likeness (QED) is 0.627. The van der Waals surface area contributed by atoms with E-state index in [1.807, 2.05) is 56.3 Å². The van der Waals surface area contributed by atoms with Crippen LogP contribution < -0.4 is 9.64 Å². The summed E-state index contributed by atoms with van der Waals surface area (Å²) in [5.74, 6) is 0.450. The smallest absolute Gasteiger partial charge is 0.243 e. The molecule has 0 unspecified atom stereocenters. The van der Waals surface area contributed by atoms with E-state index in [-0.39, 0.29) is 18.1 Å². The molecule has 0 bridgehead atoms. The topological polar surface area (TPSA) is 80.7 Å². The predicted octanol–water partition coefficient (Wildman–Crippen LogP) is 2.77. The van der Waals surface area contributed by atoms with E-state index in [4.69, 9.17) is 14.5 Å². The maximum absolute atomic E-state index is 11.8. The number of nitrogens with zero attached hydrogens (tertiary/aromatic N) is 5. The fraction of sp³-hybridized carbons (Fsp3) is 0.391. The van der Waals surface area contributed by atoms with Crippen LogP contribution in [0.5, 0.6) is 5.88 Å². The lowest BCUT2D eigenvalue weighted by atomic mass is 10.1. The molecule has 1 aliphatic rings. The summed E-state index contributed by atoms with van der Waals surface area (Å²) in [6.45, 7) is 5.08. The molecule has 1 aliphatic heterocycles. The van der Waals surface area contributed by atoms with Crippen molar-refractivity contribution >= 4 is 22.6 Å². The molecule has 0 aliphatic carbocycles. The van der Waals surface area contributed by atoms with Gasteiger partial charge >= 0.3 is 0 Å². The highest BCUT2D eigenvalue weighted by molar-refractivity contribution is 5.83. The molecule has 3 heterocycles. The molecule has 8 nitrogen and oxygen atoms in total. The number of rotatable bonds is 5. The number of anilines is 1. The summed E-state index contributed by atoms with van der Waals surface area (Å²) in [6, 6.07) is 10.1. The van der Waals surface area contributed by atoms with Crippen molar-refractivity contribution in [3.05, 3.63) is 42.7 Å². The van der Waals surface area contributed by atoms with Crippen LogP contribution in [0.1, 0.15) is 13.8 Å². The summed E-state index contributed by atoms with van der Waals surface area (Å²) in [4.78, 5) is 29.2. The summed E-state index contributed by atoms with van der Waals surface area (Å²) in [7, 11) is 4.01. The minimum atomic E-state index is -0.314. The van der Waals surface area contributed by atoms with Crippen LogP contribution in [-0.2, 0) is 9.53 Å². The Morgan fingerprint density at radius 2 is 1.97 bits per heavy atom. The Kier molecular flexibility index (Phi) is 5.99. The van der Waals surface area contributed by atoms with Crippen molar-refractivity contribution in [3.63, 3.8) is 0 Å². The Morgan fingerprint density at radius 3 is 2.68 bits per heavy atom. The number of pyridine rings is 1. The predicted molar refractivity (Wildman–Crippen MR) is 119 cm³/mol. The third kappa shape index (κ3) is 4.59. The molecule has 1 saturated heterocycles. The lowest BCUT2D eigenvalue weighted by Crippen LogP contribution is -2.50. The van der Waals surface area contributed by atoms with Gasteiger partial charge in [0.25, 0.3) is 0 Å². The van der Waals surface area contributed by atoms with Crippen LogP contribution in [-0.4, -0.2) is 71.8 Å². The number of carbonyl (C=O) groups excluding carboxylic acids is 1. The second-order valence-electron chi connectivity index (χ2n) is 7.88. The molecule has 0 N–H and O–H groups in total. The van der Waals surface area contributed by atoms with Gasteiger partial charge in [0.1, 0.15) is 12.2 Å². The van der Waals surface area contributed by atoms with Crippen LogP contribution in [0.15, 0.2) is 42.7 Å². The summed E-state index contributed by atoms with van der Waals surface area (Å²) in [5, 5.41) is 0. The molecule has 2 aromatic heterocycles. The maximum Gasteiger partial charge on any atom is 0.243 e. The van der Waals surface area contributed by atoms with Gasteiger partial charge in [0.05, 0.1) is 24.4 Å². The molecule has 1 amide bonds. The first-order valence-corrected chi connectivity index (χ1v) is 10.4. The second-order valence-corrected chi connectivity index (χ2v) is 7.88. The molecule has 4 rings (SSSR count). The highest BCUT2D eigenvalue weighted by atomic mass is 16.5. The first-order chi connectivity index (χ1) is 14.9. The van der Waals surface area contributed by atoms with E-state index in [0.717, 1.165) is 16.9 Å². The largest absolute Gasteiger partial charge is 0.470 e. The van der Waals surface area contributed by atoms with Crippen LogP contribution in [0, 0.1) is 0 Å². The zero-order valence-electron chi connectivity index (χ0n) is 18.3. The molecule has 31 heavy (non-hydrogen) atoms. The Hall–Kier alpha value is -3.26. The highest BCUT2D eigenvalue weighted by Gasteiger charge is 2.29. The van der Waals surface area contributed by atoms with Crippen molar-refractivity contribution in [2.75, 3.05) is 38.7 Å². The van der Waals surface area contributed by atoms with Crippen LogP contribution in [0.2, 0.25) is 0 Å². The maximum atomic E-state index is 11.8. The van der Waals surface area contributed by atoms with Gasteiger partial charge in [-0.2, -0.15) is 0 Å². The number of aromatic nitrogens is 3. The number of hydrogen-bond acceptors (Lipinski definition) is 7. The highest BCUT2D eigenvalue weighted by Crippen LogP contribution is 2.29. The van der Waals surface area contributed by atoms with Crippen molar-refractivity contribution in [3.8, 4) is 17.1 Å². The third-order valence-electron chi connectivity index (χ3n) is 5.46. The minimum absolute atomic E-state index is 0.0399. The SMILES string of the molecule is CC(=O)N1CCO[C@H]([C@H](C)Oc2nc(-c3ccc(N(C)C)cc3)cc3nccnc23)C1. The van der Waals surface area contributed by atoms with Gasteiger partial charge in [-0.3, -0.25) is 9.78 Å². The average Bonchev–Trinajstić information content (AvgIpc) is 2.79. The Labute approximate surface area is 181 Å². The Bertz CT molecular complexity index is 1070. The molecule has 2 atom stereocenters. The van der Waals surface area contributed by atoms with Gasteiger partial charge in [-0.05, 0) is 25.1 Å². The van der Waals surface area contributed by atoms with Crippen molar-refractivity contribution in [1.82, 2.24) is 19.9 Å². The number of carbonyl (C=O) groups is 1. The number of morpholine rings is 1. The number of benzene rings is 1. The molecule has 0 radical (unpaired) electrons. The lowest BCUT2D eigenvalue weighted by molar-refractivity contribution is -0.140. The van der Waals surface area contributed by atoms with Crippen molar-refractivity contribution < 1.29 is 14.3 Å². The molecule has 0 saturated carbocycles. The van der Waals surface area contributed by atoms with Gasteiger partial charge in [0.15, 0.2) is 5.52 Å². The first kappa shape index (κ1) is 21.0. The van der Waals surface area contributed by atoms with Crippen LogP contribution in [0.3, 0.4) is 0 Å². The number of amides is 1. The van der Waals surface area contributed by atoms with Crippen molar-refractivity contribution in [2.24, 2.45) is 0 Å². The molecule has 1 fully saturated rings. The van der Waals surface area contributed by atoms with Gasteiger partial charge in [0.2, 0.25) is 11.8 Å². The molecule has 8 heteroatoms. The number of hydrogen-bond donors (Lipinski definition) is 0. The van der Waals surface area contributed by atoms with Crippen LogP contribution in [0.4, 0.5) is 5.69 Å². The van der Waals surface area contributed by atoms with E-state index in [9.17, 15) is 4.79 Å². The van der Waals surface area contributed by atoms with Crippen molar-refractivity contribution in [1.29, 1.82) is 0 Å². The number of ether oxygens (including phenoxy) is 2. The minimum Gasteiger partial charge on any atom is -0.470 e. The van der Waals surface area contributed by atoms with E-state index in [2.05, 4.69) is 9.97 Å². The average molecular weight is 422 g/mol. The second kappa shape index (κ2) is 8.85. The molecule has 1 aromatic carbocycles. The molecule has 3 aromatic rings. The molecular formula is C23H27N5O3.